The van der Waals surface area contributed by atoms with Crippen molar-refractivity contribution in [3.8, 4) is 0 Å². The van der Waals surface area contributed by atoms with Gasteiger partial charge in [-0.2, -0.15) is 4.99 Å². The molecule has 2 aliphatic rings. The predicted molar refractivity (Wildman–Crippen MR) is 72.3 cm³/mol. The first kappa shape index (κ1) is 13.5. The number of allylic oxidation sites excluding steroid dienone is 2. The normalized spacial score (nSPS) is 25.1. The molecule has 6 nitrogen and oxygen atoms in total. The van der Waals surface area contributed by atoms with E-state index >= 15 is 0 Å². The van der Waals surface area contributed by atoms with Crippen LogP contribution in [0, 0.1) is 0 Å². The maximum Gasteiger partial charge on any atom is 0.250 e. The van der Waals surface area contributed by atoms with Crippen LogP contribution in [-0.4, -0.2) is 41.2 Å². The van der Waals surface area contributed by atoms with E-state index in [9.17, 15) is 9.59 Å². The van der Waals surface area contributed by atoms with Crippen LogP contribution in [0.4, 0.5) is 0 Å². The summed E-state index contributed by atoms with van der Waals surface area (Å²) in [7, 11) is 0. The third-order valence-corrected chi connectivity index (χ3v) is 3.26. The van der Waals surface area contributed by atoms with Crippen LogP contribution in [-0.2, 0) is 9.59 Å². The summed E-state index contributed by atoms with van der Waals surface area (Å²) in [5, 5.41) is 2.82. The van der Waals surface area contributed by atoms with E-state index in [0.717, 1.165) is 0 Å². The van der Waals surface area contributed by atoms with Gasteiger partial charge in [-0.3, -0.25) is 9.59 Å². The number of nitrogens with two attached hydrogens (primary N) is 1. The molecule has 102 valence electrons. The Morgan fingerprint density at radius 2 is 2.37 bits per heavy atom. The highest BCUT2D eigenvalue weighted by Crippen LogP contribution is 2.27. The van der Waals surface area contributed by atoms with Gasteiger partial charge in [-0.25, -0.2) is 0 Å². The first-order valence-electron chi connectivity index (χ1n) is 6.32. The molecular weight excluding hydrogens is 244 g/mol. The number of carbonyl (C=O) groups is 2. The Hall–Kier alpha value is -1.95. The topological polar surface area (TPSA) is 87.8 Å². The summed E-state index contributed by atoms with van der Waals surface area (Å²) in [6, 6.07) is 0. The number of amidine groups is 1. The number of hydrogen-bond acceptors (Lipinski definition) is 4. The minimum atomic E-state index is -0.927. The first-order chi connectivity index (χ1) is 9.08. The predicted octanol–water partition coefficient (Wildman–Crippen LogP) is -0.0756. The number of aliphatic imine (C=N–C) groups is 1. The SMILES string of the molecule is CC1(C(=O)NCCCN)CC(=O)N=C2C=CC=CN21. The Morgan fingerprint density at radius 3 is 3.11 bits per heavy atom. The fraction of sp³-hybridized carbons (Fsp3) is 0.462. The maximum absolute atomic E-state index is 12.3. The maximum atomic E-state index is 12.3. The summed E-state index contributed by atoms with van der Waals surface area (Å²) in [6.45, 7) is 2.79. The van der Waals surface area contributed by atoms with Crippen molar-refractivity contribution in [2.75, 3.05) is 13.1 Å². The van der Waals surface area contributed by atoms with Crippen molar-refractivity contribution in [3.05, 3.63) is 24.4 Å². The fourth-order valence-electron chi connectivity index (χ4n) is 2.17. The zero-order valence-corrected chi connectivity index (χ0v) is 10.9. The van der Waals surface area contributed by atoms with Crippen molar-refractivity contribution < 1.29 is 9.59 Å². The van der Waals surface area contributed by atoms with Crippen LogP contribution in [0.15, 0.2) is 29.4 Å². The number of rotatable bonds is 4. The van der Waals surface area contributed by atoms with Gasteiger partial charge in [0.15, 0.2) is 0 Å². The van der Waals surface area contributed by atoms with E-state index in [0.29, 0.717) is 25.3 Å². The number of hydrogen-bond donors (Lipinski definition) is 2. The molecule has 3 N–H and O–H groups in total. The third kappa shape index (κ3) is 2.58. The van der Waals surface area contributed by atoms with Gasteiger partial charge in [-0.1, -0.05) is 6.08 Å². The molecule has 2 aliphatic heterocycles. The van der Waals surface area contributed by atoms with Crippen molar-refractivity contribution in [1.29, 1.82) is 0 Å². The molecule has 0 aromatic carbocycles. The highest BCUT2D eigenvalue weighted by molar-refractivity contribution is 6.09. The zero-order chi connectivity index (χ0) is 13.9. The summed E-state index contributed by atoms with van der Waals surface area (Å²) in [5.74, 6) is 0.0551. The molecule has 0 fully saturated rings. The van der Waals surface area contributed by atoms with Gasteiger partial charge < -0.3 is 16.0 Å². The van der Waals surface area contributed by atoms with Gasteiger partial charge in [0.1, 0.15) is 11.4 Å². The Balaban J connectivity index is 2.19. The van der Waals surface area contributed by atoms with E-state index in [2.05, 4.69) is 10.3 Å². The van der Waals surface area contributed by atoms with Crippen LogP contribution in [0.25, 0.3) is 0 Å². The van der Waals surface area contributed by atoms with E-state index in [1.165, 1.54) is 0 Å². The molecule has 2 rings (SSSR count). The summed E-state index contributed by atoms with van der Waals surface area (Å²) in [6.07, 6.45) is 7.90. The minimum absolute atomic E-state index is 0.0726. The molecule has 19 heavy (non-hydrogen) atoms. The van der Waals surface area contributed by atoms with E-state index in [1.54, 1.807) is 30.2 Å². The average molecular weight is 262 g/mol. The molecule has 0 bridgehead atoms. The lowest BCUT2D eigenvalue weighted by Gasteiger charge is -2.41. The number of amides is 2. The van der Waals surface area contributed by atoms with Crippen molar-refractivity contribution in [3.63, 3.8) is 0 Å². The molecular formula is C13H18N4O2. The number of nitrogens with one attached hydrogen (secondary N) is 1. The highest BCUT2D eigenvalue weighted by Gasteiger charge is 2.44. The minimum Gasteiger partial charge on any atom is -0.354 e. The van der Waals surface area contributed by atoms with Crippen molar-refractivity contribution >= 4 is 17.6 Å². The van der Waals surface area contributed by atoms with Gasteiger partial charge in [-0.05, 0) is 32.0 Å². The molecule has 0 saturated carbocycles. The summed E-state index contributed by atoms with van der Waals surface area (Å²) < 4.78 is 0. The Morgan fingerprint density at radius 1 is 1.58 bits per heavy atom. The molecule has 0 saturated heterocycles. The second-order valence-corrected chi connectivity index (χ2v) is 4.78. The average Bonchev–Trinajstić information content (AvgIpc) is 2.38. The zero-order valence-electron chi connectivity index (χ0n) is 10.9. The summed E-state index contributed by atoms with van der Waals surface area (Å²) >= 11 is 0. The lowest BCUT2D eigenvalue weighted by molar-refractivity contribution is -0.134. The van der Waals surface area contributed by atoms with Gasteiger partial charge in [0, 0.05) is 12.7 Å². The Kier molecular flexibility index (Phi) is 3.80. The first-order valence-corrected chi connectivity index (χ1v) is 6.32. The summed E-state index contributed by atoms with van der Waals surface area (Å²) in [4.78, 5) is 29.7. The number of nitrogens with zero attached hydrogens (tertiary/aromatic N) is 2. The van der Waals surface area contributed by atoms with E-state index in [1.807, 2.05) is 6.08 Å². The standard InChI is InChI=1S/C13H18N4O2/c1-13(12(19)15-7-4-6-14)9-11(18)16-10-5-2-3-8-17(10)13/h2-3,5,8H,4,6-7,9,14H2,1H3,(H,15,19). The van der Waals surface area contributed by atoms with Gasteiger partial charge in [0.05, 0.1) is 6.42 Å². The van der Waals surface area contributed by atoms with Gasteiger partial charge in [0.25, 0.3) is 5.91 Å². The molecule has 0 radical (unpaired) electrons. The quantitative estimate of drug-likeness (QED) is 0.694. The number of fused-ring (bicyclic) bond motifs is 1. The Bertz CT molecular complexity index is 481. The monoisotopic (exact) mass is 262 g/mol. The van der Waals surface area contributed by atoms with Crippen LogP contribution in [0.1, 0.15) is 19.8 Å². The van der Waals surface area contributed by atoms with Gasteiger partial charge in [0.2, 0.25) is 5.91 Å². The molecule has 0 spiro atoms. The van der Waals surface area contributed by atoms with Crippen molar-refractivity contribution in [1.82, 2.24) is 10.2 Å². The molecule has 1 unspecified atom stereocenters. The van der Waals surface area contributed by atoms with Crippen LogP contribution in [0.2, 0.25) is 0 Å². The van der Waals surface area contributed by atoms with Crippen molar-refractivity contribution in [2.24, 2.45) is 10.7 Å². The third-order valence-electron chi connectivity index (χ3n) is 3.26. The lowest BCUT2D eigenvalue weighted by Crippen LogP contribution is -2.60. The van der Waals surface area contributed by atoms with Crippen molar-refractivity contribution in [2.45, 2.75) is 25.3 Å². The van der Waals surface area contributed by atoms with Crippen LogP contribution >= 0.6 is 0 Å². The highest BCUT2D eigenvalue weighted by atomic mass is 16.2. The van der Waals surface area contributed by atoms with Gasteiger partial charge >= 0.3 is 0 Å². The van der Waals surface area contributed by atoms with E-state index in [4.69, 9.17) is 5.73 Å². The largest absolute Gasteiger partial charge is 0.354 e. The molecule has 2 amide bonds. The molecule has 1 atom stereocenters. The molecule has 6 heteroatoms. The van der Waals surface area contributed by atoms with E-state index < -0.39 is 5.54 Å². The van der Waals surface area contributed by atoms with Crippen LogP contribution < -0.4 is 11.1 Å². The second-order valence-electron chi connectivity index (χ2n) is 4.78. The summed E-state index contributed by atoms with van der Waals surface area (Å²) in [5.41, 5.74) is 4.47. The molecule has 0 aliphatic carbocycles. The molecule has 0 aromatic heterocycles. The smallest absolute Gasteiger partial charge is 0.250 e. The molecule has 2 heterocycles. The van der Waals surface area contributed by atoms with E-state index in [-0.39, 0.29) is 18.2 Å². The lowest BCUT2D eigenvalue weighted by atomic mass is 9.91. The van der Waals surface area contributed by atoms with Crippen LogP contribution in [0.3, 0.4) is 0 Å². The fourth-order valence-corrected chi connectivity index (χ4v) is 2.17. The second kappa shape index (κ2) is 5.36. The van der Waals surface area contributed by atoms with Gasteiger partial charge in [-0.15, -0.1) is 0 Å². The number of carbonyl (C=O) groups excluding carboxylic acids is 2. The molecule has 0 aromatic rings. The Labute approximate surface area is 112 Å². The van der Waals surface area contributed by atoms with Crippen LogP contribution in [0.5, 0.6) is 0 Å².